The van der Waals surface area contributed by atoms with E-state index in [0.29, 0.717) is 5.56 Å². The molecule has 31 heavy (non-hydrogen) atoms. The fourth-order valence-electron chi connectivity index (χ4n) is 3.53. The lowest BCUT2D eigenvalue weighted by Crippen LogP contribution is -2.33. The Balaban J connectivity index is 1.75. The van der Waals surface area contributed by atoms with Crippen LogP contribution in [-0.4, -0.2) is 25.0 Å². The van der Waals surface area contributed by atoms with Gasteiger partial charge in [-0.3, -0.25) is 14.6 Å². The van der Waals surface area contributed by atoms with Crippen LogP contribution in [0.15, 0.2) is 32.6 Å². The fourth-order valence-corrected chi connectivity index (χ4v) is 4.08. The first-order chi connectivity index (χ1) is 14.9. The van der Waals surface area contributed by atoms with Gasteiger partial charge in [0.1, 0.15) is 6.07 Å². The van der Waals surface area contributed by atoms with Gasteiger partial charge in [-0.15, -0.1) is 10.2 Å². The molecule has 0 unspecified atom stereocenters. The molecule has 1 fully saturated rings. The van der Waals surface area contributed by atoms with Crippen molar-refractivity contribution in [2.45, 2.75) is 31.6 Å². The second kappa shape index (κ2) is 8.37. The summed E-state index contributed by atoms with van der Waals surface area (Å²) in [4.78, 5) is 37.4. The van der Waals surface area contributed by atoms with Crippen molar-refractivity contribution in [2.24, 2.45) is 0 Å². The summed E-state index contributed by atoms with van der Waals surface area (Å²) >= 11 is 12.7. The Morgan fingerprint density at radius 2 is 1.81 bits per heavy atom. The highest BCUT2D eigenvalue weighted by molar-refractivity contribution is 6.37. The van der Waals surface area contributed by atoms with Gasteiger partial charge in [0, 0.05) is 11.6 Å². The number of H-pyrrole nitrogens is 2. The minimum atomic E-state index is -0.899. The summed E-state index contributed by atoms with van der Waals surface area (Å²) in [7, 11) is 0. The number of halogens is 2. The number of nitrogens with one attached hydrogen (secondary N) is 2. The molecule has 0 bridgehead atoms. The van der Waals surface area contributed by atoms with Gasteiger partial charge in [0.2, 0.25) is 11.6 Å². The Labute approximate surface area is 184 Å². The van der Waals surface area contributed by atoms with Crippen LogP contribution in [0.5, 0.6) is 11.6 Å². The molecule has 2 aromatic heterocycles. The third-order valence-electron chi connectivity index (χ3n) is 4.96. The minimum absolute atomic E-state index is 0.0336. The molecule has 10 nitrogen and oxygen atoms in total. The van der Waals surface area contributed by atoms with E-state index in [-0.39, 0.29) is 38.8 Å². The van der Waals surface area contributed by atoms with Crippen molar-refractivity contribution < 1.29 is 4.74 Å². The van der Waals surface area contributed by atoms with E-state index in [4.69, 9.17) is 33.2 Å². The van der Waals surface area contributed by atoms with E-state index >= 15 is 0 Å². The van der Waals surface area contributed by atoms with E-state index in [1.165, 1.54) is 18.2 Å². The molecule has 1 aliphatic carbocycles. The van der Waals surface area contributed by atoms with Gasteiger partial charge < -0.3 is 4.74 Å². The molecule has 0 spiro atoms. The summed E-state index contributed by atoms with van der Waals surface area (Å²) in [5.74, 6) is 0.410. The number of hydrogen-bond acceptors (Lipinski definition) is 7. The number of nitrogens with zero attached hydrogens (tertiary/aromatic N) is 4. The zero-order valence-electron chi connectivity index (χ0n) is 15.8. The lowest BCUT2D eigenvalue weighted by atomic mass is 9.99. The van der Waals surface area contributed by atoms with Crippen LogP contribution in [0.2, 0.25) is 10.0 Å². The number of nitriles is 1. The van der Waals surface area contributed by atoms with Crippen molar-refractivity contribution in [2.75, 3.05) is 0 Å². The van der Waals surface area contributed by atoms with Crippen LogP contribution in [0.1, 0.15) is 42.9 Å². The van der Waals surface area contributed by atoms with Crippen LogP contribution in [0, 0.1) is 11.3 Å². The quantitative estimate of drug-likeness (QED) is 0.607. The highest BCUT2D eigenvalue weighted by atomic mass is 35.5. The van der Waals surface area contributed by atoms with Crippen molar-refractivity contribution >= 4 is 23.2 Å². The summed E-state index contributed by atoms with van der Waals surface area (Å²) in [5, 5.41) is 19.1. The number of ether oxygens (including phenoxy) is 1. The third-order valence-corrected chi connectivity index (χ3v) is 5.52. The van der Waals surface area contributed by atoms with E-state index in [9.17, 15) is 14.4 Å². The predicted octanol–water partition coefficient (Wildman–Crippen LogP) is 2.63. The van der Waals surface area contributed by atoms with E-state index in [1.807, 2.05) is 4.98 Å². The van der Waals surface area contributed by atoms with Crippen LogP contribution in [0.3, 0.4) is 0 Å². The number of aromatic nitrogens is 5. The number of rotatable bonds is 4. The van der Waals surface area contributed by atoms with Gasteiger partial charge in [0.05, 0.1) is 15.7 Å². The number of benzene rings is 1. The summed E-state index contributed by atoms with van der Waals surface area (Å²) in [6, 6.07) is 5.75. The molecule has 0 radical (unpaired) electrons. The van der Waals surface area contributed by atoms with Crippen molar-refractivity contribution in [1.82, 2.24) is 25.0 Å². The standard InChI is InChI=1S/C19H14Cl2N6O4/c20-12-5-10(27-19(30)23-17(29)14(8-22)26-27)6-13(21)16(12)31-18-11(7-15(28)24-25-18)9-3-1-2-4-9/h5-7,9H,1-4H2,(H,24,28)(H,23,29,30). The topological polar surface area (TPSA) is 147 Å². The zero-order valence-corrected chi connectivity index (χ0v) is 17.3. The highest BCUT2D eigenvalue weighted by Gasteiger charge is 2.24. The predicted molar refractivity (Wildman–Crippen MR) is 111 cm³/mol. The molecule has 0 atom stereocenters. The Morgan fingerprint density at radius 1 is 1.13 bits per heavy atom. The maximum Gasteiger partial charge on any atom is 0.349 e. The van der Waals surface area contributed by atoms with E-state index < -0.39 is 16.9 Å². The molecule has 12 heteroatoms. The molecular formula is C19H14Cl2N6O4. The molecule has 1 aromatic carbocycles. The summed E-state index contributed by atoms with van der Waals surface area (Å²) in [6.45, 7) is 0. The smallest absolute Gasteiger partial charge is 0.349 e. The molecular weight excluding hydrogens is 447 g/mol. The molecule has 0 aliphatic heterocycles. The van der Waals surface area contributed by atoms with Gasteiger partial charge in [0.15, 0.2) is 5.75 Å². The average molecular weight is 461 g/mol. The van der Waals surface area contributed by atoms with Gasteiger partial charge in [0.25, 0.3) is 11.1 Å². The summed E-state index contributed by atoms with van der Waals surface area (Å²) < 4.78 is 6.66. The molecule has 1 saturated carbocycles. The van der Waals surface area contributed by atoms with Crippen LogP contribution in [0.4, 0.5) is 0 Å². The van der Waals surface area contributed by atoms with E-state index in [1.54, 1.807) is 6.07 Å². The van der Waals surface area contributed by atoms with E-state index in [2.05, 4.69) is 15.3 Å². The van der Waals surface area contributed by atoms with Gasteiger partial charge in [-0.1, -0.05) is 36.0 Å². The summed E-state index contributed by atoms with van der Waals surface area (Å²) in [5.41, 5.74) is -1.80. The SMILES string of the molecule is N#Cc1nn(-c2cc(Cl)c(Oc3n[nH]c(=O)cc3C3CCCC3)c(Cl)c2)c(=O)[nH]c1=O. The summed E-state index contributed by atoms with van der Waals surface area (Å²) in [6.07, 6.45) is 3.95. The van der Waals surface area contributed by atoms with Crippen molar-refractivity contribution in [1.29, 1.82) is 5.26 Å². The number of hydrogen-bond donors (Lipinski definition) is 2. The lowest BCUT2D eigenvalue weighted by Gasteiger charge is -2.16. The molecule has 0 amide bonds. The zero-order chi connectivity index (χ0) is 22.1. The maximum absolute atomic E-state index is 12.1. The Kier molecular flexibility index (Phi) is 5.63. The first kappa shape index (κ1) is 20.8. The Morgan fingerprint density at radius 3 is 2.45 bits per heavy atom. The van der Waals surface area contributed by atoms with Crippen molar-refractivity contribution in [3.63, 3.8) is 0 Å². The number of aromatic amines is 2. The lowest BCUT2D eigenvalue weighted by molar-refractivity contribution is 0.441. The molecule has 2 N–H and O–H groups in total. The monoisotopic (exact) mass is 460 g/mol. The minimum Gasteiger partial charge on any atom is -0.434 e. The van der Waals surface area contributed by atoms with Crippen molar-refractivity contribution in [3.8, 4) is 23.4 Å². The molecule has 158 valence electrons. The maximum atomic E-state index is 12.1. The van der Waals surface area contributed by atoms with Crippen LogP contribution >= 0.6 is 23.2 Å². The second-order valence-electron chi connectivity index (χ2n) is 6.95. The molecule has 0 saturated heterocycles. The fraction of sp³-hybridized carbons (Fsp3) is 0.263. The third kappa shape index (κ3) is 4.10. The van der Waals surface area contributed by atoms with Crippen LogP contribution in [0.25, 0.3) is 5.69 Å². The average Bonchev–Trinajstić information content (AvgIpc) is 3.26. The molecule has 3 aromatic rings. The van der Waals surface area contributed by atoms with Gasteiger partial charge in [-0.05, 0) is 30.9 Å². The first-order valence-electron chi connectivity index (χ1n) is 9.28. The molecule has 4 rings (SSSR count). The second-order valence-corrected chi connectivity index (χ2v) is 7.76. The highest BCUT2D eigenvalue weighted by Crippen LogP contribution is 2.42. The van der Waals surface area contributed by atoms with Crippen LogP contribution < -0.4 is 21.5 Å². The van der Waals surface area contributed by atoms with E-state index in [0.717, 1.165) is 30.4 Å². The first-order valence-corrected chi connectivity index (χ1v) is 10.0. The van der Waals surface area contributed by atoms with Crippen molar-refractivity contribution in [3.05, 3.63) is 70.7 Å². The van der Waals surface area contributed by atoms with Gasteiger partial charge >= 0.3 is 5.69 Å². The Bertz CT molecular complexity index is 1360. The molecule has 1 aliphatic rings. The van der Waals surface area contributed by atoms with Gasteiger partial charge in [-0.2, -0.15) is 9.94 Å². The molecule has 2 heterocycles. The van der Waals surface area contributed by atoms with Crippen LogP contribution in [-0.2, 0) is 0 Å². The Hall–Kier alpha value is -3.42. The van der Waals surface area contributed by atoms with Gasteiger partial charge in [-0.25, -0.2) is 9.89 Å². The normalized spacial score (nSPS) is 13.8. The largest absolute Gasteiger partial charge is 0.434 e.